The molecule has 0 saturated heterocycles. The molecule has 0 bridgehead atoms. The molecule has 0 fully saturated rings. The van der Waals surface area contributed by atoms with Gasteiger partial charge in [0.2, 0.25) is 0 Å². The zero-order chi connectivity index (χ0) is 11.5. The smallest absolute Gasteiger partial charge is 0.168 e. The van der Waals surface area contributed by atoms with Gasteiger partial charge in [-0.3, -0.25) is 0 Å². The number of nitrogens with two attached hydrogens (primary N) is 1. The third-order valence-corrected chi connectivity index (χ3v) is 2.46. The van der Waals surface area contributed by atoms with Crippen molar-refractivity contribution in [2.24, 2.45) is 5.73 Å². The number of rotatable bonds is 3. The van der Waals surface area contributed by atoms with Crippen molar-refractivity contribution in [1.82, 2.24) is 9.55 Å². The molecular formula is C11H14N4S. The van der Waals surface area contributed by atoms with E-state index in [1.54, 1.807) is 0 Å². The molecule has 2 aromatic rings. The van der Waals surface area contributed by atoms with E-state index in [4.69, 9.17) is 18.0 Å². The number of imidazole rings is 1. The summed E-state index contributed by atoms with van der Waals surface area (Å²) >= 11 is 4.79. The summed E-state index contributed by atoms with van der Waals surface area (Å²) < 4.78 is 2.14. The van der Waals surface area contributed by atoms with Crippen molar-refractivity contribution in [2.45, 2.75) is 19.9 Å². The summed E-state index contributed by atoms with van der Waals surface area (Å²) in [5.74, 6) is 0. The van der Waals surface area contributed by atoms with Crippen molar-refractivity contribution in [2.75, 3.05) is 5.32 Å². The van der Waals surface area contributed by atoms with Crippen LogP contribution in [0.5, 0.6) is 0 Å². The van der Waals surface area contributed by atoms with Gasteiger partial charge in [-0.2, -0.15) is 0 Å². The third kappa shape index (κ3) is 2.14. The fourth-order valence-corrected chi connectivity index (χ4v) is 1.82. The number of aromatic nitrogens is 2. The average Bonchev–Trinajstić information content (AvgIpc) is 2.61. The standard InChI is InChI=1S/C11H14N4S/c1-2-5-15-7-13-9-6-8(14-11(12)16)3-4-10(9)15/h3-4,6-7H,2,5H2,1H3,(H3,12,14,16). The SMILES string of the molecule is CCCn1cnc2cc(NC(N)=S)ccc21. The molecule has 0 aliphatic carbocycles. The Bertz CT molecular complexity index is 518. The van der Waals surface area contributed by atoms with Gasteiger partial charge in [-0.1, -0.05) is 6.92 Å². The van der Waals surface area contributed by atoms with E-state index in [1.165, 1.54) is 0 Å². The van der Waals surface area contributed by atoms with Crippen molar-refractivity contribution in [3.63, 3.8) is 0 Å². The molecule has 0 atom stereocenters. The van der Waals surface area contributed by atoms with Gasteiger partial charge in [-0.25, -0.2) is 4.98 Å². The lowest BCUT2D eigenvalue weighted by Crippen LogP contribution is -2.18. The van der Waals surface area contributed by atoms with Gasteiger partial charge in [0.1, 0.15) is 0 Å². The van der Waals surface area contributed by atoms with Gasteiger partial charge in [-0.05, 0) is 36.8 Å². The molecule has 3 N–H and O–H groups in total. The number of hydrogen-bond acceptors (Lipinski definition) is 2. The second kappa shape index (κ2) is 4.49. The van der Waals surface area contributed by atoms with Gasteiger partial charge in [0, 0.05) is 12.2 Å². The number of aryl methyl sites for hydroxylation is 1. The van der Waals surface area contributed by atoms with Gasteiger partial charge in [0.05, 0.1) is 17.4 Å². The van der Waals surface area contributed by atoms with E-state index in [2.05, 4.69) is 21.8 Å². The maximum Gasteiger partial charge on any atom is 0.168 e. The Labute approximate surface area is 99.5 Å². The van der Waals surface area contributed by atoms with Gasteiger partial charge >= 0.3 is 0 Å². The van der Waals surface area contributed by atoms with Crippen molar-refractivity contribution < 1.29 is 0 Å². The van der Waals surface area contributed by atoms with E-state index in [0.29, 0.717) is 0 Å². The zero-order valence-corrected chi connectivity index (χ0v) is 9.92. The Morgan fingerprint density at radius 1 is 1.56 bits per heavy atom. The van der Waals surface area contributed by atoms with E-state index >= 15 is 0 Å². The number of hydrogen-bond donors (Lipinski definition) is 2. The van der Waals surface area contributed by atoms with Crippen molar-refractivity contribution in [3.8, 4) is 0 Å². The highest BCUT2D eigenvalue weighted by Gasteiger charge is 2.03. The topological polar surface area (TPSA) is 55.9 Å². The van der Waals surface area contributed by atoms with Crippen LogP contribution in [0, 0.1) is 0 Å². The first-order valence-electron chi connectivity index (χ1n) is 5.22. The Morgan fingerprint density at radius 2 is 2.38 bits per heavy atom. The van der Waals surface area contributed by atoms with Crippen LogP contribution < -0.4 is 11.1 Å². The lowest BCUT2D eigenvalue weighted by Gasteiger charge is -2.04. The van der Waals surface area contributed by atoms with Crippen LogP contribution in [0.15, 0.2) is 24.5 Å². The number of fused-ring (bicyclic) bond motifs is 1. The normalized spacial score (nSPS) is 10.6. The molecular weight excluding hydrogens is 220 g/mol. The van der Waals surface area contributed by atoms with Crippen molar-refractivity contribution in [1.29, 1.82) is 0 Å². The molecule has 0 saturated carbocycles. The number of nitrogens with one attached hydrogen (secondary N) is 1. The molecule has 0 aliphatic rings. The van der Waals surface area contributed by atoms with Crippen LogP contribution >= 0.6 is 12.2 Å². The second-order valence-electron chi connectivity index (χ2n) is 3.63. The summed E-state index contributed by atoms with van der Waals surface area (Å²) in [7, 11) is 0. The van der Waals surface area contributed by atoms with E-state index in [1.807, 2.05) is 24.5 Å². The molecule has 0 amide bonds. The highest BCUT2D eigenvalue weighted by Crippen LogP contribution is 2.18. The fraction of sp³-hybridized carbons (Fsp3) is 0.273. The molecule has 1 aromatic carbocycles. The molecule has 0 aliphatic heterocycles. The zero-order valence-electron chi connectivity index (χ0n) is 9.10. The van der Waals surface area contributed by atoms with Gasteiger partial charge < -0.3 is 15.6 Å². The van der Waals surface area contributed by atoms with Crippen LogP contribution in [0.3, 0.4) is 0 Å². The van der Waals surface area contributed by atoms with Crippen molar-refractivity contribution >= 4 is 34.1 Å². The van der Waals surface area contributed by atoms with Crippen LogP contribution in [0.2, 0.25) is 0 Å². The number of anilines is 1. The number of benzene rings is 1. The molecule has 5 heteroatoms. The summed E-state index contributed by atoms with van der Waals surface area (Å²) in [5.41, 5.74) is 8.38. The van der Waals surface area contributed by atoms with Crippen LogP contribution in [-0.4, -0.2) is 14.7 Å². The van der Waals surface area contributed by atoms with Crippen LogP contribution in [0.4, 0.5) is 5.69 Å². The lowest BCUT2D eigenvalue weighted by molar-refractivity contribution is 0.697. The second-order valence-corrected chi connectivity index (χ2v) is 4.07. The predicted octanol–water partition coefficient (Wildman–Crippen LogP) is 2.10. The van der Waals surface area contributed by atoms with Crippen molar-refractivity contribution in [3.05, 3.63) is 24.5 Å². The molecule has 16 heavy (non-hydrogen) atoms. The summed E-state index contributed by atoms with van der Waals surface area (Å²) in [6.45, 7) is 3.13. The summed E-state index contributed by atoms with van der Waals surface area (Å²) in [4.78, 5) is 4.34. The molecule has 84 valence electrons. The van der Waals surface area contributed by atoms with Gasteiger partial charge in [-0.15, -0.1) is 0 Å². The van der Waals surface area contributed by atoms with Gasteiger partial charge in [0.15, 0.2) is 5.11 Å². The summed E-state index contributed by atoms with van der Waals surface area (Å²) in [6, 6.07) is 5.93. The van der Waals surface area contributed by atoms with E-state index in [-0.39, 0.29) is 5.11 Å². The molecule has 0 unspecified atom stereocenters. The van der Waals surface area contributed by atoms with E-state index in [0.717, 1.165) is 29.7 Å². The highest BCUT2D eigenvalue weighted by atomic mass is 32.1. The first-order valence-corrected chi connectivity index (χ1v) is 5.63. The van der Waals surface area contributed by atoms with E-state index < -0.39 is 0 Å². The maximum atomic E-state index is 5.42. The molecule has 1 heterocycles. The predicted molar refractivity (Wildman–Crippen MR) is 70.4 cm³/mol. The maximum absolute atomic E-state index is 5.42. The summed E-state index contributed by atoms with van der Waals surface area (Å²) in [6.07, 6.45) is 2.96. The molecule has 1 aromatic heterocycles. The minimum absolute atomic E-state index is 0.271. The van der Waals surface area contributed by atoms with Crippen LogP contribution in [0.25, 0.3) is 11.0 Å². The lowest BCUT2D eigenvalue weighted by atomic mass is 10.2. The Balaban J connectivity index is 2.37. The minimum Gasteiger partial charge on any atom is -0.376 e. The highest BCUT2D eigenvalue weighted by molar-refractivity contribution is 7.80. The molecule has 2 rings (SSSR count). The van der Waals surface area contributed by atoms with Crippen LogP contribution in [0.1, 0.15) is 13.3 Å². The quantitative estimate of drug-likeness (QED) is 0.799. The summed E-state index contributed by atoms with van der Waals surface area (Å²) in [5, 5.41) is 3.17. The molecule has 4 nitrogen and oxygen atoms in total. The Kier molecular flexibility index (Phi) is 3.05. The number of thiocarbonyl (C=S) groups is 1. The Morgan fingerprint density at radius 3 is 3.06 bits per heavy atom. The van der Waals surface area contributed by atoms with Crippen LogP contribution in [-0.2, 0) is 6.54 Å². The monoisotopic (exact) mass is 234 g/mol. The van der Waals surface area contributed by atoms with E-state index in [9.17, 15) is 0 Å². The largest absolute Gasteiger partial charge is 0.376 e. The number of nitrogens with zero attached hydrogens (tertiary/aromatic N) is 2. The Hall–Kier alpha value is -1.62. The first-order chi connectivity index (χ1) is 7.70. The van der Waals surface area contributed by atoms with Gasteiger partial charge in [0.25, 0.3) is 0 Å². The first kappa shape index (κ1) is 10.9. The average molecular weight is 234 g/mol. The third-order valence-electron chi connectivity index (χ3n) is 2.35. The molecule has 0 spiro atoms. The minimum atomic E-state index is 0.271. The molecule has 0 radical (unpaired) electrons. The fourth-order valence-electron chi connectivity index (χ4n) is 1.70.